The molecular formula is C22H14ClN3O2S3. The van der Waals surface area contributed by atoms with E-state index >= 15 is 0 Å². The molecule has 5 nitrogen and oxygen atoms in total. The smallest absolute Gasteiger partial charge is 0.264 e. The van der Waals surface area contributed by atoms with Crippen LogP contribution in [0.3, 0.4) is 0 Å². The highest BCUT2D eigenvalue weighted by molar-refractivity contribution is 8.18. The fourth-order valence-corrected chi connectivity index (χ4v) is 5.84. The van der Waals surface area contributed by atoms with Gasteiger partial charge in [-0.2, -0.15) is 0 Å². The highest BCUT2D eigenvalue weighted by atomic mass is 35.5. The quantitative estimate of drug-likeness (QED) is 0.320. The number of thioether (sulfide) groups is 1. The van der Waals surface area contributed by atoms with Crippen molar-refractivity contribution in [3.63, 3.8) is 0 Å². The molecule has 2 aromatic heterocycles. The predicted molar refractivity (Wildman–Crippen MR) is 129 cm³/mol. The number of hydrogen-bond acceptors (Lipinski definition) is 7. The lowest BCUT2D eigenvalue weighted by Crippen LogP contribution is -2.19. The zero-order chi connectivity index (χ0) is 21.4. The Balaban J connectivity index is 1.33. The van der Waals surface area contributed by atoms with Crippen molar-refractivity contribution in [2.45, 2.75) is 16.4 Å². The van der Waals surface area contributed by atoms with Crippen LogP contribution < -0.4 is 5.32 Å². The second kappa shape index (κ2) is 8.55. The van der Waals surface area contributed by atoms with Crippen molar-refractivity contribution in [3.05, 3.63) is 75.8 Å². The fraction of sp³-hybridized carbons (Fsp3) is 0.0455. The first-order chi connectivity index (χ1) is 15.0. The number of thiazole rings is 1. The summed E-state index contributed by atoms with van der Waals surface area (Å²) in [6.07, 6.45) is 1.72. The van der Waals surface area contributed by atoms with Gasteiger partial charge in [0.25, 0.3) is 5.91 Å². The molecule has 1 N–H and O–H groups in total. The molecule has 0 radical (unpaired) electrons. The number of nitrogens with one attached hydrogen (secondary N) is 1. The van der Waals surface area contributed by atoms with Gasteiger partial charge in [-0.05, 0) is 72.4 Å². The standard InChI is InChI=1S/C22H14ClN3O2S3/c1-12-14(23)5-4-7-15(12)24-21-26-20(27)18(29-21)11-13-9-10-19(28-13)31-22-25-16-6-2-3-8-17(16)30-22/h2-11H,1H3,(H,24,26,27)/b18-11-. The van der Waals surface area contributed by atoms with Crippen molar-refractivity contribution in [1.29, 1.82) is 0 Å². The van der Waals surface area contributed by atoms with Crippen LogP contribution in [0.5, 0.6) is 0 Å². The number of carbonyl (C=O) groups excluding carboxylic acids is 1. The van der Waals surface area contributed by atoms with Crippen molar-refractivity contribution in [2.75, 3.05) is 0 Å². The molecule has 1 aliphatic rings. The number of amidine groups is 1. The number of fused-ring (bicyclic) bond motifs is 1. The van der Waals surface area contributed by atoms with Crippen LogP contribution in [0.2, 0.25) is 5.02 Å². The van der Waals surface area contributed by atoms with E-state index in [0.29, 0.717) is 20.9 Å². The molecule has 31 heavy (non-hydrogen) atoms. The minimum absolute atomic E-state index is 0.208. The Bertz CT molecular complexity index is 1340. The van der Waals surface area contributed by atoms with Gasteiger partial charge in [-0.3, -0.25) is 4.79 Å². The van der Waals surface area contributed by atoms with Gasteiger partial charge in [0.15, 0.2) is 14.6 Å². The molecule has 1 amide bonds. The van der Waals surface area contributed by atoms with E-state index in [0.717, 1.165) is 30.9 Å². The minimum Gasteiger partial charge on any atom is -0.450 e. The molecule has 0 saturated carbocycles. The number of hydrogen-bond donors (Lipinski definition) is 1. The number of halogens is 1. The number of carbonyl (C=O) groups is 1. The number of rotatable bonds is 4. The van der Waals surface area contributed by atoms with Crippen molar-refractivity contribution in [3.8, 4) is 0 Å². The van der Waals surface area contributed by atoms with Gasteiger partial charge in [0, 0.05) is 11.1 Å². The molecule has 0 bridgehead atoms. The van der Waals surface area contributed by atoms with Gasteiger partial charge in [-0.1, -0.05) is 29.8 Å². The Morgan fingerprint density at radius 2 is 2.03 bits per heavy atom. The van der Waals surface area contributed by atoms with Gasteiger partial charge in [-0.15, -0.1) is 11.3 Å². The maximum absolute atomic E-state index is 12.4. The lowest BCUT2D eigenvalue weighted by atomic mass is 10.2. The molecule has 154 valence electrons. The van der Waals surface area contributed by atoms with Crippen molar-refractivity contribution in [1.82, 2.24) is 10.3 Å². The molecule has 1 aliphatic heterocycles. The summed E-state index contributed by atoms with van der Waals surface area (Å²) in [5.74, 6) is 0.390. The summed E-state index contributed by atoms with van der Waals surface area (Å²) >= 11 is 10.5. The first-order valence-electron chi connectivity index (χ1n) is 9.23. The molecule has 0 aliphatic carbocycles. The van der Waals surface area contributed by atoms with Crippen molar-refractivity contribution >= 4 is 79.5 Å². The number of benzene rings is 2. The van der Waals surface area contributed by atoms with Crippen LogP contribution in [0.1, 0.15) is 11.3 Å². The molecule has 3 heterocycles. The third-order valence-corrected chi connectivity index (χ3v) is 7.79. The summed E-state index contributed by atoms with van der Waals surface area (Å²) in [7, 11) is 0. The zero-order valence-electron chi connectivity index (χ0n) is 16.1. The summed E-state index contributed by atoms with van der Waals surface area (Å²) in [5.41, 5.74) is 2.57. The van der Waals surface area contributed by atoms with Gasteiger partial charge in [-0.25, -0.2) is 9.98 Å². The maximum Gasteiger partial charge on any atom is 0.264 e. The molecule has 1 saturated heterocycles. The average molecular weight is 484 g/mol. The molecule has 0 atom stereocenters. The Labute approximate surface area is 195 Å². The van der Waals surface area contributed by atoms with E-state index < -0.39 is 0 Å². The number of furan rings is 1. The number of aliphatic imine (C=N–C) groups is 1. The van der Waals surface area contributed by atoms with Gasteiger partial charge < -0.3 is 9.73 Å². The van der Waals surface area contributed by atoms with E-state index in [1.165, 1.54) is 23.5 Å². The predicted octanol–water partition coefficient (Wildman–Crippen LogP) is 6.89. The normalized spacial score (nSPS) is 16.5. The minimum atomic E-state index is -0.208. The SMILES string of the molecule is Cc1c(Cl)cccc1N=C1NC(=O)/C(=C/c2ccc(Sc3nc4ccccc4s3)o2)S1. The lowest BCUT2D eigenvalue weighted by Gasteiger charge is -2.02. The summed E-state index contributed by atoms with van der Waals surface area (Å²) in [6.45, 7) is 1.90. The Morgan fingerprint density at radius 1 is 1.16 bits per heavy atom. The first-order valence-corrected chi connectivity index (χ1v) is 12.1. The van der Waals surface area contributed by atoms with Crippen LogP contribution in [0.15, 0.2) is 78.3 Å². The first kappa shape index (κ1) is 20.4. The molecular weight excluding hydrogens is 470 g/mol. The van der Waals surface area contributed by atoms with E-state index in [-0.39, 0.29) is 5.91 Å². The van der Waals surface area contributed by atoms with Crippen molar-refractivity contribution in [2.24, 2.45) is 4.99 Å². The van der Waals surface area contributed by atoms with E-state index in [4.69, 9.17) is 16.0 Å². The maximum atomic E-state index is 12.4. The van der Waals surface area contributed by atoms with Gasteiger partial charge in [0.2, 0.25) is 0 Å². The average Bonchev–Trinajstić information content (AvgIpc) is 3.45. The van der Waals surface area contributed by atoms with E-state index in [1.54, 1.807) is 17.4 Å². The molecule has 0 spiro atoms. The number of para-hydroxylation sites is 1. The van der Waals surface area contributed by atoms with Crippen LogP contribution in [0, 0.1) is 6.92 Å². The third kappa shape index (κ3) is 4.43. The molecule has 9 heteroatoms. The number of amides is 1. The van der Waals surface area contributed by atoms with Crippen LogP contribution in [-0.2, 0) is 4.79 Å². The number of aromatic nitrogens is 1. The lowest BCUT2D eigenvalue weighted by molar-refractivity contribution is -0.115. The summed E-state index contributed by atoms with van der Waals surface area (Å²) in [5, 5.41) is 4.66. The highest BCUT2D eigenvalue weighted by Crippen LogP contribution is 2.36. The molecule has 2 aromatic carbocycles. The largest absolute Gasteiger partial charge is 0.450 e. The Hall–Kier alpha value is -2.52. The van der Waals surface area contributed by atoms with Crippen LogP contribution in [-0.4, -0.2) is 16.1 Å². The van der Waals surface area contributed by atoms with E-state index in [1.807, 2.05) is 55.5 Å². The molecule has 5 rings (SSSR count). The zero-order valence-corrected chi connectivity index (χ0v) is 19.3. The van der Waals surface area contributed by atoms with Gasteiger partial charge >= 0.3 is 0 Å². The summed E-state index contributed by atoms with van der Waals surface area (Å²) in [6, 6.07) is 17.2. The van der Waals surface area contributed by atoms with Crippen LogP contribution >= 0.6 is 46.5 Å². The van der Waals surface area contributed by atoms with Crippen LogP contribution in [0.25, 0.3) is 16.3 Å². The topological polar surface area (TPSA) is 67.5 Å². The van der Waals surface area contributed by atoms with Crippen LogP contribution in [0.4, 0.5) is 5.69 Å². The molecule has 4 aromatic rings. The Kier molecular flexibility index (Phi) is 5.62. The third-order valence-electron chi connectivity index (χ3n) is 4.45. The summed E-state index contributed by atoms with van der Waals surface area (Å²) < 4.78 is 7.93. The summed E-state index contributed by atoms with van der Waals surface area (Å²) in [4.78, 5) is 22.0. The highest BCUT2D eigenvalue weighted by Gasteiger charge is 2.24. The van der Waals surface area contributed by atoms with E-state index in [9.17, 15) is 4.79 Å². The second-order valence-electron chi connectivity index (χ2n) is 6.57. The Morgan fingerprint density at radius 3 is 2.90 bits per heavy atom. The molecule has 1 fully saturated rings. The van der Waals surface area contributed by atoms with Gasteiger partial charge in [0.05, 0.1) is 20.8 Å². The fourth-order valence-electron chi connectivity index (χ4n) is 2.88. The van der Waals surface area contributed by atoms with Gasteiger partial charge in [0.1, 0.15) is 5.76 Å². The van der Waals surface area contributed by atoms with E-state index in [2.05, 4.69) is 21.4 Å². The molecule has 0 unspecified atom stereocenters. The second-order valence-corrected chi connectivity index (χ2v) is 10.3. The van der Waals surface area contributed by atoms with Crippen molar-refractivity contribution < 1.29 is 9.21 Å². The number of nitrogens with zero attached hydrogens (tertiary/aromatic N) is 2. The monoisotopic (exact) mass is 483 g/mol.